The fourth-order valence-corrected chi connectivity index (χ4v) is 1.47. The number of nitrogens with one attached hydrogen (secondary N) is 1. The quantitative estimate of drug-likeness (QED) is 0.853. The van der Waals surface area contributed by atoms with Crippen molar-refractivity contribution in [1.29, 1.82) is 0 Å². The molecule has 0 spiro atoms. The summed E-state index contributed by atoms with van der Waals surface area (Å²) in [5, 5.41) is 11.9. The third-order valence-corrected chi connectivity index (χ3v) is 2.34. The van der Waals surface area contributed by atoms with Crippen LogP contribution in [-0.2, 0) is 6.42 Å². The molecule has 2 aromatic rings. The van der Waals surface area contributed by atoms with Gasteiger partial charge in [-0.15, -0.1) is 0 Å². The zero-order valence-electron chi connectivity index (χ0n) is 9.43. The van der Waals surface area contributed by atoms with Crippen molar-refractivity contribution in [2.45, 2.75) is 13.3 Å². The summed E-state index contributed by atoms with van der Waals surface area (Å²) in [6.07, 6.45) is 0.749. The lowest BCUT2D eigenvalue weighted by atomic mass is 10.3. The molecule has 17 heavy (non-hydrogen) atoms. The molecule has 4 nitrogen and oxygen atoms in total. The number of hydrogen-bond donors (Lipinski definition) is 2. The summed E-state index contributed by atoms with van der Waals surface area (Å²) in [6, 6.07) is 9.78. The van der Waals surface area contributed by atoms with Crippen LogP contribution < -0.4 is 5.32 Å². The molecule has 1 heterocycles. The Balaban J connectivity index is 2.11. The molecule has 0 fully saturated rings. The minimum atomic E-state index is -0.324. The van der Waals surface area contributed by atoms with Crippen molar-refractivity contribution in [3.05, 3.63) is 47.9 Å². The van der Waals surface area contributed by atoms with Gasteiger partial charge in [-0.05, 0) is 24.3 Å². The first kappa shape index (κ1) is 11.3. The van der Waals surface area contributed by atoms with Gasteiger partial charge in [0.2, 0.25) is 0 Å². The third-order valence-electron chi connectivity index (χ3n) is 2.34. The molecule has 0 atom stereocenters. The van der Waals surface area contributed by atoms with E-state index in [9.17, 15) is 9.90 Å². The summed E-state index contributed by atoms with van der Waals surface area (Å²) in [4.78, 5) is 11.8. The number of anilines is 1. The number of furan rings is 1. The van der Waals surface area contributed by atoms with E-state index in [4.69, 9.17) is 4.42 Å². The minimum absolute atomic E-state index is 0.108. The second-order valence-corrected chi connectivity index (χ2v) is 3.62. The molecule has 0 saturated carbocycles. The summed E-state index contributed by atoms with van der Waals surface area (Å²) in [6.45, 7) is 1.95. The van der Waals surface area contributed by atoms with Crippen LogP contribution in [0, 0.1) is 0 Å². The Morgan fingerprint density at radius 2 is 2.18 bits per heavy atom. The number of aromatic hydroxyl groups is 1. The zero-order valence-corrected chi connectivity index (χ0v) is 9.43. The van der Waals surface area contributed by atoms with Crippen molar-refractivity contribution < 1.29 is 14.3 Å². The van der Waals surface area contributed by atoms with Crippen molar-refractivity contribution in [2.24, 2.45) is 0 Å². The van der Waals surface area contributed by atoms with E-state index in [2.05, 4.69) is 5.32 Å². The molecule has 0 aliphatic carbocycles. The van der Waals surface area contributed by atoms with E-state index in [1.54, 1.807) is 24.3 Å². The lowest BCUT2D eigenvalue weighted by Crippen LogP contribution is -2.10. The molecule has 1 aromatic heterocycles. The molecule has 88 valence electrons. The lowest BCUT2D eigenvalue weighted by Gasteiger charge is -2.03. The molecular formula is C13H13NO3. The first-order chi connectivity index (χ1) is 8.19. The molecular weight excluding hydrogens is 218 g/mol. The largest absolute Gasteiger partial charge is 0.508 e. The Morgan fingerprint density at radius 1 is 1.35 bits per heavy atom. The highest BCUT2D eigenvalue weighted by Crippen LogP contribution is 2.17. The predicted octanol–water partition coefficient (Wildman–Crippen LogP) is 2.80. The minimum Gasteiger partial charge on any atom is -0.508 e. The van der Waals surface area contributed by atoms with Crippen LogP contribution in [0.25, 0.3) is 0 Å². The van der Waals surface area contributed by atoms with Crippen molar-refractivity contribution >= 4 is 11.6 Å². The molecule has 0 bridgehead atoms. The van der Waals surface area contributed by atoms with E-state index < -0.39 is 0 Å². The maximum atomic E-state index is 11.8. The van der Waals surface area contributed by atoms with Crippen LogP contribution in [0.4, 0.5) is 5.69 Å². The average Bonchev–Trinajstić information content (AvgIpc) is 2.77. The number of rotatable bonds is 3. The first-order valence-electron chi connectivity index (χ1n) is 5.38. The molecule has 2 rings (SSSR count). The summed E-state index contributed by atoms with van der Waals surface area (Å²) >= 11 is 0. The van der Waals surface area contributed by atoms with Gasteiger partial charge in [0, 0.05) is 18.2 Å². The SMILES string of the molecule is CCc1ccc(C(=O)Nc2cccc(O)c2)o1. The Kier molecular flexibility index (Phi) is 3.14. The van der Waals surface area contributed by atoms with E-state index in [-0.39, 0.29) is 17.4 Å². The highest BCUT2D eigenvalue weighted by atomic mass is 16.3. The number of carbonyl (C=O) groups is 1. The van der Waals surface area contributed by atoms with Crippen LogP contribution in [0.1, 0.15) is 23.2 Å². The summed E-state index contributed by atoms with van der Waals surface area (Å²) in [5.41, 5.74) is 0.532. The van der Waals surface area contributed by atoms with Gasteiger partial charge in [0.15, 0.2) is 5.76 Å². The van der Waals surface area contributed by atoms with Gasteiger partial charge in [-0.3, -0.25) is 4.79 Å². The number of phenolic OH excluding ortho intramolecular Hbond substituents is 1. The van der Waals surface area contributed by atoms with Crippen LogP contribution in [0.15, 0.2) is 40.8 Å². The fourth-order valence-electron chi connectivity index (χ4n) is 1.47. The van der Waals surface area contributed by atoms with Crippen LogP contribution in [0.2, 0.25) is 0 Å². The van der Waals surface area contributed by atoms with Crippen molar-refractivity contribution in [3.8, 4) is 5.75 Å². The summed E-state index contributed by atoms with van der Waals surface area (Å²) in [7, 11) is 0. The standard InChI is InChI=1S/C13H13NO3/c1-2-11-6-7-12(17-11)13(16)14-9-4-3-5-10(15)8-9/h3-8,15H,2H2,1H3,(H,14,16). The molecule has 0 aliphatic heterocycles. The van der Waals surface area contributed by atoms with Gasteiger partial charge in [-0.2, -0.15) is 0 Å². The number of carbonyl (C=O) groups excluding carboxylic acids is 1. The molecule has 2 N–H and O–H groups in total. The van der Waals surface area contributed by atoms with Crippen LogP contribution in [0.3, 0.4) is 0 Å². The van der Waals surface area contributed by atoms with Crippen LogP contribution in [0.5, 0.6) is 5.75 Å². The van der Waals surface area contributed by atoms with Crippen molar-refractivity contribution in [1.82, 2.24) is 0 Å². The summed E-state index contributed by atoms with van der Waals surface area (Å²) in [5.74, 6) is 0.822. The normalized spacial score (nSPS) is 10.2. The van der Waals surface area contributed by atoms with E-state index in [1.165, 1.54) is 12.1 Å². The van der Waals surface area contributed by atoms with E-state index >= 15 is 0 Å². The second kappa shape index (κ2) is 4.74. The van der Waals surface area contributed by atoms with Gasteiger partial charge >= 0.3 is 0 Å². The van der Waals surface area contributed by atoms with Crippen molar-refractivity contribution in [2.75, 3.05) is 5.32 Å². The monoisotopic (exact) mass is 231 g/mol. The molecule has 0 saturated heterocycles. The number of aryl methyl sites for hydroxylation is 1. The Bertz CT molecular complexity index is 531. The highest BCUT2D eigenvalue weighted by molar-refractivity contribution is 6.02. The van der Waals surface area contributed by atoms with Gasteiger partial charge in [0.1, 0.15) is 11.5 Å². The maximum Gasteiger partial charge on any atom is 0.291 e. The van der Waals surface area contributed by atoms with Gasteiger partial charge in [-0.1, -0.05) is 13.0 Å². The fraction of sp³-hybridized carbons (Fsp3) is 0.154. The van der Waals surface area contributed by atoms with E-state index in [1.807, 2.05) is 6.92 Å². The first-order valence-corrected chi connectivity index (χ1v) is 5.38. The number of hydrogen-bond acceptors (Lipinski definition) is 3. The molecule has 0 radical (unpaired) electrons. The van der Waals surface area contributed by atoms with Gasteiger partial charge < -0.3 is 14.8 Å². The van der Waals surface area contributed by atoms with Crippen LogP contribution in [-0.4, -0.2) is 11.0 Å². The predicted molar refractivity (Wildman–Crippen MR) is 64.1 cm³/mol. The van der Waals surface area contributed by atoms with Gasteiger partial charge in [0.25, 0.3) is 5.91 Å². The Hall–Kier alpha value is -2.23. The van der Waals surface area contributed by atoms with Crippen molar-refractivity contribution in [3.63, 3.8) is 0 Å². The average molecular weight is 231 g/mol. The third kappa shape index (κ3) is 2.66. The number of phenols is 1. The smallest absolute Gasteiger partial charge is 0.291 e. The summed E-state index contributed by atoms with van der Waals surface area (Å²) < 4.78 is 5.32. The topological polar surface area (TPSA) is 62.5 Å². The Labute approximate surface area is 98.9 Å². The highest BCUT2D eigenvalue weighted by Gasteiger charge is 2.10. The molecule has 4 heteroatoms. The molecule has 0 unspecified atom stereocenters. The molecule has 1 amide bonds. The second-order valence-electron chi connectivity index (χ2n) is 3.62. The maximum absolute atomic E-state index is 11.8. The lowest BCUT2D eigenvalue weighted by molar-refractivity contribution is 0.0995. The van der Waals surface area contributed by atoms with Gasteiger partial charge in [-0.25, -0.2) is 0 Å². The molecule has 0 aliphatic rings. The zero-order chi connectivity index (χ0) is 12.3. The van der Waals surface area contributed by atoms with E-state index in [0.717, 1.165) is 12.2 Å². The molecule has 1 aromatic carbocycles. The number of benzene rings is 1. The number of amides is 1. The van der Waals surface area contributed by atoms with Gasteiger partial charge in [0.05, 0.1) is 0 Å². The Morgan fingerprint density at radius 3 is 2.82 bits per heavy atom. The van der Waals surface area contributed by atoms with Crippen LogP contribution >= 0.6 is 0 Å². The van der Waals surface area contributed by atoms with E-state index in [0.29, 0.717) is 5.69 Å².